The summed E-state index contributed by atoms with van der Waals surface area (Å²) in [5.74, 6) is 2.40. The van der Waals surface area contributed by atoms with Crippen molar-refractivity contribution < 1.29 is 4.79 Å². The second-order valence-electron chi connectivity index (χ2n) is 4.14. The van der Waals surface area contributed by atoms with E-state index in [1.54, 1.807) is 30.3 Å². The molecule has 0 radical (unpaired) electrons. The second-order valence-corrected chi connectivity index (χ2v) is 4.57. The predicted octanol–water partition coefficient (Wildman–Crippen LogP) is 3.88. The summed E-state index contributed by atoms with van der Waals surface area (Å²) in [6.07, 6.45) is 5.40. The van der Waals surface area contributed by atoms with Crippen LogP contribution in [0.4, 0.5) is 5.69 Å². The standard InChI is InChI=1S/C16H12ClNO/c1-3-12-10-15(9-4-11(12)2)18-16(19)13-5-7-14(17)8-6-13/h1,4-10H,2H3,(H,18,19). The molecule has 0 aliphatic carbocycles. The van der Waals surface area contributed by atoms with Gasteiger partial charge in [0, 0.05) is 21.8 Å². The molecular formula is C16H12ClNO. The predicted molar refractivity (Wildman–Crippen MR) is 78.5 cm³/mol. The second kappa shape index (κ2) is 5.60. The van der Waals surface area contributed by atoms with E-state index in [0.29, 0.717) is 16.3 Å². The molecule has 2 nitrogen and oxygen atoms in total. The minimum absolute atomic E-state index is 0.191. The molecule has 0 fully saturated rings. The Labute approximate surface area is 117 Å². The Bertz CT molecular complexity index is 653. The SMILES string of the molecule is C#Cc1cc(NC(=O)c2ccc(Cl)cc2)ccc1C. The third kappa shape index (κ3) is 3.15. The van der Waals surface area contributed by atoms with Gasteiger partial charge in [-0.25, -0.2) is 0 Å². The largest absolute Gasteiger partial charge is 0.322 e. The zero-order valence-corrected chi connectivity index (χ0v) is 11.2. The molecule has 1 amide bonds. The Morgan fingerprint density at radius 2 is 1.89 bits per heavy atom. The first kappa shape index (κ1) is 13.2. The lowest BCUT2D eigenvalue weighted by molar-refractivity contribution is 0.102. The summed E-state index contributed by atoms with van der Waals surface area (Å²) in [7, 11) is 0. The molecule has 0 saturated carbocycles. The van der Waals surface area contributed by atoms with Crippen molar-refractivity contribution >= 4 is 23.2 Å². The highest BCUT2D eigenvalue weighted by molar-refractivity contribution is 6.30. The maximum atomic E-state index is 12.0. The summed E-state index contributed by atoms with van der Waals surface area (Å²) >= 11 is 5.78. The Balaban J connectivity index is 2.20. The van der Waals surface area contributed by atoms with Crippen LogP contribution in [0.1, 0.15) is 21.5 Å². The molecule has 2 aromatic rings. The number of carbonyl (C=O) groups is 1. The van der Waals surface area contributed by atoms with E-state index in [1.807, 2.05) is 19.1 Å². The zero-order valence-electron chi connectivity index (χ0n) is 10.4. The third-order valence-electron chi connectivity index (χ3n) is 2.76. The van der Waals surface area contributed by atoms with Gasteiger partial charge in [0.1, 0.15) is 0 Å². The molecule has 0 heterocycles. The quantitative estimate of drug-likeness (QED) is 0.824. The fraction of sp³-hybridized carbons (Fsp3) is 0.0625. The molecule has 0 unspecified atom stereocenters. The number of halogens is 1. The monoisotopic (exact) mass is 269 g/mol. The average Bonchev–Trinajstić information content (AvgIpc) is 2.41. The molecule has 0 aliphatic rings. The molecule has 0 saturated heterocycles. The van der Waals surface area contributed by atoms with Crippen molar-refractivity contribution in [2.75, 3.05) is 5.32 Å². The van der Waals surface area contributed by atoms with E-state index in [0.717, 1.165) is 11.1 Å². The van der Waals surface area contributed by atoms with Crippen LogP contribution in [-0.4, -0.2) is 5.91 Å². The van der Waals surface area contributed by atoms with Crippen LogP contribution in [0.5, 0.6) is 0 Å². The molecule has 0 aromatic heterocycles. The first-order valence-electron chi connectivity index (χ1n) is 5.74. The van der Waals surface area contributed by atoms with Crippen LogP contribution in [-0.2, 0) is 0 Å². The van der Waals surface area contributed by atoms with Crippen LogP contribution in [0.2, 0.25) is 5.02 Å². The minimum atomic E-state index is -0.191. The smallest absolute Gasteiger partial charge is 0.255 e. The van der Waals surface area contributed by atoms with E-state index in [2.05, 4.69) is 11.2 Å². The van der Waals surface area contributed by atoms with Gasteiger partial charge in [0.05, 0.1) is 0 Å². The Hall–Kier alpha value is -2.24. The van der Waals surface area contributed by atoms with Crippen LogP contribution in [0.15, 0.2) is 42.5 Å². The molecular weight excluding hydrogens is 258 g/mol. The van der Waals surface area contributed by atoms with Crippen molar-refractivity contribution in [3.05, 3.63) is 64.2 Å². The number of terminal acetylenes is 1. The molecule has 0 spiro atoms. The number of rotatable bonds is 2. The van der Waals surface area contributed by atoms with Gasteiger partial charge in [-0.2, -0.15) is 0 Å². The summed E-state index contributed by atoms with van der Waals surface area (Å²) in [5, 5.41) is 3.40. The van der Waals surface area contributed by atoms with Gasteiger partial charge in [-0.05, 0) is 48.9 Å². The van der Waals surface area contributed by atoms with Crippen LogP contribution < -0.4 is 5.32 Å². The number of anilines is 1. The molecule has 2 aromatic carbocycles. The molecule has 19 heavy (non-hydrogen) atoms. The van der Waals surface area contributed by atoms with Gasteiger partial charge in [-0.15, -0.1) is 6.42 Å². The van der Waals surface area contributed by atoms with Crippen LogP contribution >= 0.6 is 11.6 Å². The summed E-state index contributed by atoms with van der Waals surface area (Å²) < 4.78 is 0. The fourth-order valence-electron chi connectivity index (χ4n) is 1.66. The zero-order chi connectivity index (χ0) is 13.8. The highest BCUT2D eigenvalue weighted by Crippen LogP contribution is 2.16. The number of aryl methyl sites for hydroxylation is 1. The average molecular weight is 270 g/mol. The normalized spacial score (nSPS) is 9.74. The molecule has 3 heteroatoms. The number of hydrogen-bond donors (Lipinski definition) is 1. The van der Waals surface area contributed by atoms with E-state index in [9.17, 15) is 4.79 Å². The van der Waals surface area contributed by atoms with Crippen LogP contribution in [0.3, 0.4) is 0 Å². The number of carbonyl (C=O) groups excluding carboxylic acids is 1. The lowest BCUT2D eigenvalue weighted by atomic mass is 10.1. The number of benzene rings is 2. The number of hydrogen-bond acceptors (Lipinski definition) is 1. The van der Waals surface area contributed by atoms with Crippen molar-refractivity contribution in [1.82, 2.24) is 0 Å². The first-order chi connectivity index (χ1) is 9.10. The topological polar surface area (TPSA) is 29.1 Å². The van der Waals surface area contributed by atoms with Gasteiger partial charge in [0.2, 0.25) is 0 Å². The van der Waals surface area contributed by atoms with E-state index >= 15 is 0 Å². The van der Waals surface area contributed by atoms with Gasteiger partial charge in [-0.1, -0.05) is 23.6 Å². The molecule has 0 atom stereocenters. The minimum Gasteiger partial charge on any atom is -0.322 e. The van der Waals surface area contributed by atoms with Crippen molar-refractivity contribution in [3.63, 3.8) is 0 Å². The summed E-state index contributed by atoms with van der Waals surface area (Å²) in [6, 6.07) is 12.2. The van der Waals surface area contributed by atoms with Crippen molar-refractivity contribution in [2.45, 2.75) is 6.92 Å². The van der Waals surface area contributed by atoms with Crippen molar-refractivity contribution in [3.8, 4) is 12.3 Å². The molecule has 94 valence electrons. The van der Waals surface area contributed by atoms with Crippen molar-refractivity contribution in [1.29, 1.82) is 0 Å². The van der Waals surface area contributed by atoms with Crippen molar-refractivity contribution in [2.24, 2.45) is 0 Å². The highest BCUT2D eigenvalue weighted by atomic mass is 35.5. The van der Waals surface area contributed by atoms with E-state index in [-0.39, 0.29) is 5.91 Å². The molecule has 0 bridgehead atoms. The van der Waals surface area contributed by atoms with Gasteiger partial charge >= 0.3 is 0 Å². The lowest BCUT2D eigenvalue weighted by Gasteiger charge is -2.07. The van der Waals surface area contributed by atoms with Crippen LogP contribution in [0.25, 0.3) is 0 Å². The van der Waals surface area contributed by atoms with Gasteiger partial charge in [-0.3, -0.25) is 4.79 Å². The highest BCUT2D eigenvalue weighted by Gasteiger charge is 2.06. The first-order valence-corrected chi connectivity index (χ1v) is 6.12. The summed E-state index contributed by atoms with van der Waals surface area (Å²) in [5.41, 5.74) is 3.01. The van der Waals surface area contributed by atoms with E-state index in [1.165, 1.54) is 0 Å². The number of amides is 1. The molecule has 2 rings (SSSR count). The van der Waals surface area contributed by atoms with Gasteiger partial charge in [0.25, 0.3) is 5.91 Å². The van der Waals surface area contributed by atoms with Gasteiger partial charge in [0.15, 0.2) is 0 Å². The van der Waals surface area contributed by atoms with E-state index < -0.39 is 0 Å². The van der Waals surface area contributed by atoms with Gasteiger partial charge < -0.3 is 5.32 Å². The molecule has 0 aliphatic heterocycles. The summed E-state index contributed by atoms with van der Waals surface area (Å²) in [6.45, 7) is 1.93. The Kier molecular flexibility index (Phi) is 3.89. The summed E-state index contributed by atoms with van der Waals surface area (Å²) in [4.78, 5) is 12.0. The van der Waals surface area contributed by atoms with E-state index in [4.69, 9.17) is 18.0 Å². The maximum absolute atomic E-state index is 12.0. The van der Waals surface area contributed by atoms with Crippen LogP contribution in [0, 0.1) is 19.3 Å². The molecule has 1 N–H and O–H groups in total. The lowest BCUT2D eigenvalue weighted by Crippen LogP contribution is -2.11. The third-order valence-corrected chi connectivity index (χ3v) is 3.01. The Morgan fingerprint density at radius 1 is 1.21 bits per heavy atom. The maximum Gasteiger partial charge on any atom is 0.255 e. The number of nitrogens with one attached hydrogen (secondary N) is 1. The Morgan fingerprint density at radius 3 is 2.53 bits per heavy atom. The fourth-order valence-corrected chi connectivity index (χ4v) is 1.79.